The molecule has 0 radical (unpaired) electrons. The van der Waals surface area contributed by atoms with Gasteiger partial charge in [0.25, 0.3) is 0 Å². The predicted octanol–water partition coefficient (Wildman–Crippen LogP) is 2.93. The highest BCUT2D eigenvalue weighted by molar-refractivity contribution is 14.0. The lowest BCUT2D eigenvalue weighted by Crippen LogP contribution is -2.39. The first-order chi connectivity index (χ1) is 10.3. The van der Waals surface area contributed by atoms with E-state index in [2.05, 4.69) is 15.6 Å². The fourth-order valence-electron chi connectivity index (χ4n) is 1.63. The number of halogens is 2. The number of hydrogen-bond donors (Lipinski definition) is 2. The highest BCUT2D eigenvalue weighted by Crippen LogP contribution is 2.22. The number of ether oxygens (including phenoxy) is 2. The number of rotatable bonds is 9. The molecule has 0 amide bonds. The van der Waals surface area contributed by atoms with Crippen LogP contribution in [0.3, 0.4) is 0 Å². The van der Waals surface area contributed by atoms with Crippen molar-refractivity contribution < 1.29 is 9.47 Å². The van der Waals surface area contributed by atoms with Crippen LogP contribution >= 0.6 is 35.6 Å². The van der Waals surface area contributed by atoms with Crippen molar-refractivity contribution in [3.63, 3.8) is 0 Å². The van der Waals surface area contributed by atoms with E-state index in [-0.39, 0.29) is 24.0 Å². The molecule has 0 atom stereocenters. The second-order valence-electron chi connectivity index (χ2n) is 4.31. The number of benzene rings is 1. The molecule has 1 aromatic rings. The van der Waals surface area contributed by atoms with Gasteiger partial charge < -0.3 is 20.1 Å². The van der Waals surface area contributed by atoms with Gasteiger partial charge >= 0.3 is 0 Å². The zero-order chi connectivity index (χ0) is 15.3. The number of nitrogens with zero attached hydrogens (tertiary/aromatic N) is 1. The third-order valence-electron chi connectivity index (χ3n) is 2.61. The van der Waals surface area contributed by atoms with E-state index >= 15 is 0 Å². The van der Waals surface area contributed by atoms with Gasteiger partial charge in [-0.25, -0.2) is 0 Å². The van der Waals surface area contributed by atoms with Crippen LogP contribution in [-0.2, 0) is 4.74 Å². The van der Waals surface area contributed by atoms with E-state index in [0.717, 1.165) is 32.1 Å². The Hall–Kier alpha value is -0.730. The van der Waals surface area contributed by atoms with Gasteiger partial charge in [-0.3, -0.25) is 4.99 Å². The third kappa shape index (κ3) is 9.32. The zero-order valence-corrected chi connectivity index (χ0v) is 16.2. The maximum Gasteiger partial charge on any atom is 0.191 e. The maximum atomic E-state index is 6.02. The molecular weight excluding hydrogens is 417 g/mol. The van der Waals surface area contributed by atoms with Crippen LogP contribution in [0, 0.1) is 0 Å². The topological polar surface area (TPSA) is 54.9 Å². The van der Waals surface area contributed by atoms with Gasteiger partial charge in [-0.1, -0.05) is 23.7 Å². The Morgan fingerprint density at radius 1 is 1.23 bits per heavy atom. The van der Waals surface area contributed by atoms with Crippen molar-refractivity contribution in [1.82, 2.24) is 10.6 Å². The lowest BCUT2D eigenvalue weighted by molar-refractivity contribution is 0.197. The summed E-state index contributed by atoms with van der Waals surface area (Å²) in [5.41, 5.74) is 0. The number of para-hydroxylation sites is 1. The third-order valence-corrected chi connectivity index (χ3v) is 2.92. The Morgan fingerprint density at radius 2 is 2.00 bits per heavy atom. The predicted molar refractivity (Wildman–Crippen MR) is 103 cm³/mol. The van der Waals surface area contributed by atoms with Crippen molar-refractivity contribution in [2.75, 3.05) is 40.0 Å². The van der Waals surface area contributed by atoms with Gasteiger partial charge in [-0.05, 0) is 25.5 Å². The van der Waals surface area contributed by atoms with E-state index in [1.54, 1.807) is 7.11 Å². The van der Waals surface area contributed by atoms with E-state index in [1.165, 1.54) is 0 Å². The second kappa shape index (κ2) is 13.9. The quantitative estimate of drug-likeness (QED) is 0.268. The van der Waals surface area contributed by atoms with E-state index < -0.39 is 0 Å². The second-order valence-corrected chi connectivity index (χ2v) is 4.72. The molecule has 1 aromatic carbocycles. The Morgan fingerprint density at radius 3 is 2.68 bits per heavy atom. The molecule has 0 saturated heterocycles. The average molecular weight is 442 g/mol. The molecule has 2 N–H and O–H groups in total. The molecule has 0 heterocycles. The fraction of sp³-hybridized carbons (Fsp3) is 0.533. The van der Waals surface area contributed by atoms with Crippen molar-refractivity contribution in [2.24, 2.45) is 4.99 Å². The maximum absolute atomic E-state index is 6.02. The van der Waals surface area contributed by atoms with Crippen LogP contribution in [0.2, 0.25) is 5.02 Å². The molecule has 0 saturated carbocycles. The summed E-state index contributed by atoms with van der Waals surface area (Å²) in [7, 11) is 1.69. The van der Waals surface area contributed by atoms with Crippen LogP contribution in [0.25, 0.3) is 0 Å². The lowest BCUT2D eigenvalue weighted by atomic mass is 10.3. The molecule has 0 aliphatic rings. The first-order valence-electron chi connectivity index (χ1n) is 7.16. The molecule has 0 unspecified atom stereocenters. The lowest BCUT2D eigenvalue weighted by Gasteiger charge is -2.12. The number of methoxy groups -OCH3 is 1. The molecule has 0 bridgehead atoms. The van der Waals surface area contributed by atoms with Crippen LogP contribution in [0.15, 0.2) is 29.3 Å². The molecule has 0 spiro atoms. The Bertz CT molecular complexity index is 433. The van der Waals surface area contributed by atoms with Crippen LogP contribution < -0.4 is 15.4 Å². The Labute approximate surface area is 154 Å². The fourth-order valence-corrected chi connectivity index (χ4v) is 1.82. The smallest absolute Gasteiger partial charge is 0.191 e. The molecular formula is C15H25ClIN3O2. The van der Waals surface area contributed by atoms with E-state index in [0.29, 0.717) is 23.9 Å². The summed E-state index contributed by atoms with van der Waals surface area (Å²) in [6.07, 6.45) is 0.906. The standard InChI is InChI=1S/C15H24ClN3O2.HI/c1-3-17-15(18-9-6-11-20-2)19-10-12-21-14-8-5-4-7-13(14)16;/h4-5,7-8H,3,6,9-12H2,1-2H3,(H2,17,18,19);1H. The molecule has 0 aliphatic carbocycles. The normalized spacial score (nSPS) is 10.8. The number of guanidine groups is 1. The minimum absolute atomic E-state index is 0. The summed E-state index contributed by atoms with van der Waals surface area (Å²) in [6, 6.07) is 7.44. The van der Waals surface area contributed by atoms with Crippen molar-refractivity contribution in [2.45, 2.75) is 13.3 Å². The largest absolute Gasteiger partial charge is 0.490 e. The van der Waals surface area contributed by atoms with Gasteiger partial charge in [-0.2, -0.15) is 0 Å². The van der Waals surface area contributed by atoms with Crippen LogP contribution in [0.4, 0.5) is 0 Å². The molecule has 126 valence electrons. The SMILES string of the molecule is CCNC(=NCCCOC)NCCOc1ccccc1Cl.I. The zero-order valence-electron chi connectivity index (χ0n) is 13.1. The van der Waals surface area contributed by atoms with Crippen molar-refractivity contribution in [3.05, 3.63) is 29.3 Å². The first kappa shape index (κ1) is 21.3. The van der Waals surface area contributed by atoms with E-state index in [9.17, 15) is 0 Å². The summed E-state index contributed by atoms with van der Waals surface area (Å²) in [4.78, 5) is 4.45. The van der Waals surface area contributed by atoms with Crippen LogP contribution in [0.1, 0.15) is 13.3 Å². The summed E-state index contributed by atoms with van der Waals surface area (Å²) in [5, 5.41) is 7.03. The van der Waals surface area contributed by atoms with Crippen molar-refractivity contribution in [1.29, 1.82) is 0 Å². The number of aliphatic imine (C=N–C) groups is 1. The van der Waals surface area contributed by atoms with Crippen molar-refractivity contribution in [3.8, 4) is 5.75 Å². The van der Waals surface area contributed by atoms with E-state index in [1.807, 2.05) is 31.2 Å². The molecule has 0 aromatic heterocycles. The summed E-state index contributed by atoms with van der Waals surface area (Å²) < 4.78 is 10.6. The average Bonchev–Trinajstić information content (AvgIpc) is 2.49. The first-order valence-corrected chi connectivity index (χ1v) is 7.54. The van der Waals surface area contributed by atoms with Crippen LogP contribution in [-0.4, -0.2) is 45.9 Å². The molecule has 0 aliphatic heterocycles. The number of nitrogens with one attached hydrogen (secondary N) is 2. The van der Waals surface area contributed by atoms with Gasteiger partial charge in [0.15, 0.2) is 5.96 Å². The Balaban J connectivity index is 0.00000441. The highest BCUT2D eigenvalue weighted by atomic mass is 127. The van der Waals surface area contributed by atoms with Crippen LogP contribution in [0.5, 0.6) is 5.75 Å². The van der Waals surface area contributed by atoms with E-state index in [4.69, 9.17) is 21.1 Å². The number of hydrogen-bond acceptors (Lipinski definition) is 3. The molecule has 1 rings (SSSR count). The molecule has 7 heteroatoms. The van der Waals surface area contributed by atoms with Gasteiger partial charge in [0.1, 0.15) is 12.4 Å². The summed E-state index contributed by atoms with van der Waals surface area (Å²) in [5.74, 6) is 1.49. The van der Waals surface area contributed by atoms with Gasteiger partial charge in [-0.15, -0.1) is 24.0 Å². The minimum atomic E-state index is 0. The monoisotopic (exact) mass is 441 g/mol. The van der Waals surface area contributed by atoms with Crippen molar-refractivity contribution >= 4 is 41.5 Å². The molecule has 0 fully saturated rings. The molecule has 22 heavy (non-hydrogen) atoms. The highest BCUT2D eigenvalue weighted by Gasteiger charge is 2.00. The summed E-state index contributed by atoms with van der Waals surface area (Å²) in [6.45, 7) is 5.48. The van der Waals surface area contributed by atoms with Gasteiger partial charge in [0.2, 0.25) is 0 Å². The van der Waals surface area contributed by atoms with Gasteiger partial charge in [0, 0.05) is 26.8 Å². The van der Waals surface area contributed by atoms with Gasteiger partial charge in [0.05, 0.1) is 11.6 Å². The Kier molecular flexibility index (Phi) is 13.4. The summed E-state index contributed by atoms with van der Waals surface area (Å²) >= 11 is 6.02. The molecule has 5 nitrogen and oxygen atoms in total. The minimum Gasteiger partial charge on any atom is -0.490 e.